The van der Waals surface area contributed by atoms with E-state index < -0.39 is 0 Å². The molecule has 1 aliphatic rings. The lowest BCUT2D eigenvalue weighted by atomic mass is 9.83. The summed E-state index contributed by atoms with van der Waals surface area (Å²) < 4.78 is 2.63. The minimum absolute atomic E-state index is 0.206. The van der Waals surface area contributed by atoms with Gasteiger partial charge in [-0.15, -0.1) is 11.3 Å². The predicted octanol–water partition coefficient (Wildman–Crippen LogP) is 11.8. The zero-order valence-electron chi connectivity index (χ0n) is 27.6. The molecule has 51 heavy (non-hydrogen) atoms. The molecule has 3 aromatic heterocycles. The maximum absolute atomic E-state index is 5.33. The van der Waals surface area contributed by atoms with Crippen LogP contribution in [0.25, 0.3) is 82.4 Å². The summed E-state index contributed by atoms with van der Waals surface area (Å²) in [7, 11) is 0. The molecule has 1 aliphatic carbocycles. The third kappa shape index (κ3) is 5.22. The molecule has 5 heteroatoms. The number of fused-ring (bicyclic) bond motifs is 7. The van der Waals surface area contributed by atoms with Gasteiger partial charge in [0.05, 0.1) is 11.4 Å². The molecule has 0 amide bonds. The van der Waals surface area contributed by atoms with Crippen molar-refractivity contribution in [2.75, 3.05) is 0 Å². The van der Waals surface area contributed by atoms with Crippen molar-refractivity contribution in [1.29, 1.82) is 0 Å². The van der Waals surface area contributed by atoms with Gasteiger partial charge in [0.15, 0.2) is 17.5 Å². The second-order valence-corrected chi connectivity index (χ2v) is 14.1. The summed E-state index contributed by atoms with van der Waals surface area (Å²) in [6.07, 6.45) is 5.43. The quantitative estimate of drug-likeness (QED) is 0.183. The number of rotatable bonds is 5. The molecule has 0 radical (unpaired) electrons. The third-order valence-electron chi connectivity index (χ3n) is 9.90. The summed E-state index contributed by atoms with van der Waals surface area (Å²) >= 11 is 1.87. The largest absolute Gasteiger partial charge is 0.247 e. The Morgan fingerprint density at radius 3 is 1.67 bits per heavy atom. The first-order chi connectivity index (χ1) is 25.3. The third-order valence-corrected chi connectivity index (χ3v) is 11.0. The van der Waals surface area contributed by atoms with Crippen LogP contribution in [0, 0.1) is 0 Å². The van der Waals surface area contributed by atoms with E-state index in [0.29, 0.717) is 17.5 Å². The molecular formula is C46H30N4S. The molecule has 3 heterocycles. The van der Waals surface area contributed by atoms with E-state index in [9.17, 15) is 0 Å². The van der Waals surface area contributed by atoms with E-state index in [2.05, 4.69) is 103 Å². The molecule has 0 spiro atoms. The highest BCUT2D eigenvalue weighted by Crippen LogP contribution is 2.45. The van der Waals surface area contributed by atoms with Crippen LogP contribution in [0.5, 0.6) is 0 Å². The van der Waals surface area contributed by atoms with Crippen LogP contribution in [0.15, 0.2) is 158 Å². The molecule has 0 aliphatic heterocycles. The van der Waals surface area contributed by atoms with E-state index in [1.54, 1.807) is 0 Å². The van der Waals surface area contributed by atoms with E-state index in [4.69, 9.17) is 19.9 Å². The van der Waals surface area contributed by atoms with Crippen molar-refractivity contribution < 1.29 is 0 Å². The number of allylic oxidation sites excluding steroid dienone is 1. The molecule has 4 nitrogen and oxygen atoms in total. The maximum atomic E-state index is 5.33. The van der Waals surface area contributed by atoms with E-state index in [1.807, 2.05) is 72.0 Å². The fourth-order valence-electron chi connectivity index (χ4n) is 7.41. The first-order valence-electron chi connectivity index (χ1n) is 17.2. The summed E-state index contributed by atoms with van der Waals surface area (Å²) in [5.41, 5.74) is 8.69. The Labute approximate surface area is 299 Å². The Balaban J connectivity index is 1.07. The van der Waals surface area contributed by atoms with Gasteiger partial charge in [-0.2, -0.15) is 0 Å². The molecular weight excluding hydrogens is 641 g/mol. The van der Waals surface area contributed by atoms with Gasteiger partial charge in [0.25, 0.3) is 0 Å². The topological polar surface area (TPSA) is 51.6 Å². The fraction of sp³-hybridized carbons (Fsp3) is 0.0435. The average Bonchev–Trinajstić information content (AvgIpc) is 3.60. The summed E-state index contributed by atoms with van der Waals surface area (Å²) in [5.74, 6) is 2.19. The summed E-state index contributed by atoms with van der Waals surface area (Å²) in [4.78, 5) is 20.1. The van der Waals surface area contributed by atoms with Crippen molar-refractivity contribution in [1.82, 2.24) is 19.9 Å². The van der Waals surface area contributed by atoms with Crippen LogP contribution in [-0.2, 0) is 6.42 Å². The van der Waals surface area contributed by atoms with Crippen LogP contribution >= 0.6 is 11.3 Å². The molecule has 0 bridgehead atoms. The number of pyridine rings is 1. The SMILES string of the molecule is C1=CC(c2ccc(-c3nc(-c4ccccc4)nc(-c4ccccc4)n3)cc2)Cc2c1nc(-c1ccccc1)c1ccc3sc4ccccc4c3c21. The molecule has 0 N–H and O–H groups in total. The number of aromatic nitrogens is 4. The molecule has 1 atom stereocenters. The second-order valence-electron chi connectivity index (χ2n) is 13.0. The van der Waals surface area contributed by atoms with Gasteiger partial charge in [-0.25, -0.2) is 19.9 Å². The van der Waals surface area contributed by atoms with Crippen LogP contribution in [0.4, 0.5) is 0 Å². The molecule has 0 saturated heterocycles. The van der Waals surface area contributed by atoms with Crippen molar-refractivity contribution in [3.63, 3.8) is 0 Å². The first-order valence-corrected chi connectivity index (χ1v) is 18.1. The highest BCUT2D eigenvalue weighted by molar-refractivity contribution is 7.26. The second kappa shape index (κ2) is 12.2. The summed E-state index contributed by atoms with van der Waals surface area (Å²) in [5, 5.41) is 5.19. The number of nitrogens with zero attached hydrogens (tertiary/aromatic N) is 4. The van der Waals surface area contributed by atoms with Crippen LogP contribution in [-0.4, -0.2) is 19.9 Å². The number of benzene rings is 6. The molecule has 1 unspecified atom stereocenters. The number of hydrogen-bond donors (Lipinski definition) is 0. The maximum Gasteiger partial charge on any atom is 0.164 e. The van der Waals surface area contributed by atoms with Crippen molar-refractivity contribution in [3.05, 3.63) is 175 Å². The molecule has 9 aromatic rings. The molecule has 0 saturated carbocycles. The van der Waals surface area contributed by atoms with Gasteiger partial charge in [0.1, 0.15) is 0 Å². The Bertz CT molecular complexity index is 2700. The highest BCUT2D eigenvalue weighted by Gasteiger charge is 2.24. The van der Waals surface area contributed by atoms with Gasteiger partial charge in [-0.05, 0) is 41.1 Å². The standard InChI is InChI=1S/C46H30N4S/c1-4-12-30(13-5-1)43-36-25-27-40-42(35-18-10-11-19-39(35)51-40)41(36)37-28-34(24-26-38(37)47-43)29-20-22-33(23-21-29)46-49-44(31-14-6-2-7-15-31)48-45(50-46)32-16-8-3-9-17-32/h1-27,34H,28H2. The van der Waals surface area contributed by atoms with Crippen molar-refractivity contribution in [2.45, 2.75) is 12.3 Å². The normalized spacial score (nSPS) is 13.9. The number of thiophene rings is 1. The molecule has 6 aromatic carbocycles. The van der Waals surface area contributed by atoms with E-state index >= 15 is 0 Å². The minimum Gasteiger partial charge on any atom is -0.247 e. The van der Waals surface area contributed by atoms with Crippen LogP contribution in [0.1, 0.15) is 22.7 Å². The van der Waals surface area contributed by atoms with Crippen molar-refractivity contribution in [2.24, 2.45) is 0 Å². The van der Waals surface area contributed by atoms with Crippen LogP contribution in [0.3, 0.4) is 0 Å². The highest BCUT2D eigenvalue weighted by atomic mass is 32.1. The lowest BCUT2D eigenvalue weighted by molar-refractivity contribution is 0.827. The van der Waals surface area contributed by atoms with Crippen LogP contribution in [0.2, 0.25) is 0 Å². The fourth-order valence-corrected chi connectivity index (χ4v) is 8.52. The minimum atomic E-state index is 0.206. The lowest BCUT2D eigenvalue weighted by Crippen LogP contribution is -2.09. The monoisotopic (exact) mass is 670 g/mol. The van der Waals surface area contributed by atoms with Gasteiger partial charge in [0.2, 0.25) is 0 Å². The lowest BCUT2D eigenvalue weighted by Gasteiger charge is -2.23. The predicted molar refractivity (Wildman–Crippen MR) is 212 cm³/mol. The molecule has 240 valence electrons. The van der Waals surface area contributed by atoms with Gasteiger partial charge in [-0.1, -0.05) is 146 Å². The van der Waals surface area contributed by atoms with E-state index in [-0.39, 0.29) is 5.92 Å². The van der Waals surface area contributed by atoms with Gasteiger partial charge < -0.3 is 0 Å². The molecule has 10 rings (SSSR count). The Kier molecular flexibility index (Phi) is 7.10. The van der Waals surface area contributed by atoms with E-state index in [1.165, 1.54) is 42.1 Å². The van der Waals surface area contributed by atoms with Gasteiger partial charge in [-0.3, -0.25) is 0 Å². The van der Waals surface area contributed by atoms with E-state index in [0.717, 1.165) is 40.1 Å². The zero-order chi connectivity index (χ0) is 33.7. The van der Waals surface area contributed by atoms with Crippen molar-refractivity contribution >= 4 is 48.4 Å². The zero-order valence-corrected chi connectivity index (χ0v) is 28.4. The van der Waals surface area contributed by atoms with Gasteiger partial charge >= 0.3 is 0 Å². The van der Waals surface area contributed by atoms with Crippen molar-refractivity contribution in [3.8, 4) is 45.4 Å². The number of hydrogen-bond acceptors (Lipinski definition) is 5. The Morgan fingerprint density at radius 2 is 1.02 bits per heavy atom. The Morgan fingerprint density at radius 1 is 0.451 bits per heavy atom. The molecule has 0 fully saturated rings. The average molecular weight is 671 g/mol. The van der Waals surface area contributed by atoms with Crippen LogP contribution < -0.4 is 0 Å². The van der Waals surface area contributed by atoms with Gasteiger partial charge in [0, 0.05) is 53.7 Å². The smallest absolute Gasteiger partial charge is 0.164 e. The summed E-state index contributed by atoms with van der Waals surface area (Å²) in [6.45, 7) is 0. The Hall–Kier alpha value is -6.30. The summed E-state index contributed by atoms with van der Waals surface area (Å²) in [6, 6.07) is 52.9. The first kappa shape index (κ1) is 29.6.